The minimum Gasteiger partial charge on any atom is -0.480 e. The largest absolute Gasteiger partial charge is 0.480 e. The van der Waals surface area contributed by atoms with E-state index in [2.05, 4.69) is 0 Å². The molecule has 30 heavy (non-hydrogen) atoms. The molecule has 0 saturated carbocycles. The second-order valence-corrected chi connectivity index (χ2v) is 7.74. The second-order valence-electron chi connectivity index (χ2n) is 7.74. The van der Waals surface area contributed by atoms with Gasteiger partial charge in [0, 0.05) is 28.7 Å². The van der Waals surface area contributed by atoms with Crippen molar-refractivity contribution >= 4 is 29.1 Å². The summed E-state index contributed by atoms with van der Waals surface area (Å²) < 4.78 is 0. The average molecular weight is 405 g/mol. The molecule has 0 amide bonds. The van der Waals surface area contributed by atoms with Gasteiger partial charge < -0.3 is 10.8 Å². The van der Waals surface area contributed by atoms with Gasteiger partial charge in [-0.05, 0) is 12.8 Å². The number of hydrogen-bond donors (Lipinski definition) is 2. The first kappa shape index (κ1) is 19.8. The Balaban J connectivity index is 2.01. The van der Waals surface area contributed by atoms with Crippen molar-refractivity contribution in [3.05, 3.63) is 70.8 Å². The fourth-order valence-electron chi connectivity index (χ4n) is 4.64. The Morgan fingerprint density at radius 1 is 0.767 bits per heavy atom. The Bertz CT molecular complexity index is 1100. The van der Waals surface area contributed by atoms with Crippen LogP contribution in [0.2, 0.25) is 0 Å². The summed E-state index contributed by atoms with van der Waals surface area (Å²) in [7, 11) is 0. The molecule has 0 fully saturated rings. The van der Waals surface area contributed by atoms with Crippen molar-refractivity contribution in [1.82, 2.24) is 0 Å². The van der Waals surface area contributed by atoms with Crippen molar-refractivity contribution in [1.29, 1.82) is 0 Å². The Kier molecular flexibility index (Phi) is 4.51. The minimum atomic E-state index is -2.78. The van der Waals surface area contributed by atoms with Crippen LogP contribution in [0.5, 0.6) is 0 Å². The van der Waals surface area contributed by atoms with Crippen LogP contribution in [0, 0.1) is 5.41 Å². The van der Waals surface area contributed by atoms with Gasteiger partial charge in [0.2, 0.25) is 5.41 Å². The molecule has 0 saturated heterocycles. The molecule has 2 aromatic carbocycles. The smallest absolute Gasteiger partial charge is 0.328 e. The van der Waals surface area contributed by atoms with Crippen molar-refractivity contribution in [3.63, 3.8) is 0 Å². The van der Waals surface area contributed by atoms with Gasteiger partial charge in [-0.15, -0.1) is 0 Å². The van der Waals surface area contributed by atoms with E-state index in [1.54, 1.807) is 6.07 Å². The average Bonchev–Trinajstić information content (AvgIpc) is 3.00. The Hall–Kier alpha value is -3.45. The summed E-state index contributed by atoms with van der Waals surface area (Å²) in [5.74, 6) is -4.89. The van der Waals surface area contributed by atoms with Crippen molar-refractivity contribution in [3.8, 4) is 0 Å². The summed E-state index contributed by atoms with van der Waals surface area (Å²) in [6.45, 7) is 0. The SMILES string of the molecule is N[C@]1(C2(C(=O)O)C(=O)c3ccccc3C2=O)CCCCC(=O)c2ccccc2C1=O. The minimum absolute atomic E-state index is 0.0632. The molecule has 152 valence electrons. The van der Waals surface area contributed by atoms with E-state index in [0.29, 0.717) is 6.42 Å². The van der Waals surface area contributed by atoms with Gasteiger partial charge in [-0.2, -0.15) is 0 Å². The third kappa shape index (κ3) is 2.39. The maximum absolute atomic E-state index is 13.7. The number of carboxylic acid groups (broad SMARTS) is 1. The second kappa shape index (κ2) is 6.81. The predicted octanol–water partition coefficient (Wildman–Crippen LogP) is 2.47. The molecule has 0 spiro atoms. The Morgan fingerprint density at radius 3 is 1.73 bits per heavy atom. The first-order valence-electron chi connectivity index (χ1n) is 9.64. The number of rotatable bonds is 2. The molecule has 0 heterocycles. The fraction of sp³-hybridized carbons (Fsp3) is 0.261. The van der Waals surface area contributed by atoms with Crippen LogP contribution in [0.25, 0.3) is 0 Å². The number of carbonyl (C=O) groups excluding carboxylic acids is 4. The predicted molar refractivity (Wildman–Crippen MR) is 106 cm³/mol. The number of ketones is 4. The lowest BCUT2D eigenvalue weighted by Crippen LogP contribution is -2.69. The number of carboxylic acids is 1. The Labute approximate surface area is 171 Å². The molecule has 2 aliphatic rings. The highest BCUT2D eigenvalue weighted by Gasteiger charge is 2.71. The summed E-state index contributed by atoms with van der Waals surface area (Å²) in [5.41, 5.74) is 1.32. The van der Waals surface area contributed by atoms with E-state index in [1.807, 2.05) is 0 Å². The first-order valence-corrected chi connectivity index (χ1v) is 9.64. The molecule has 0 unspecified atom stereocenters. The highest BCUT2D eigenvalue weighted by molar-refractivity contribution is 6.41. The number of hydrogen-bond acceptors (Lipinski definition) is 6. The lowest BCUT2D eigenvalue weighted by atomic mass is 9.61. The van der Waals surface area contributed by atoms with Crippen LogP contribution in [0.4, 0.5) is 0 Å². The molecule has 2 aromatic rings. The number of carbonyl (C=O) groups is 5. The van der Waals surface area contributed by atoms with Gasteiger partial charge in [-0.25, -0.2) is 0 Å². The topological polar surface area (TPSA) is 132 Å². The third-order valence-corrected chi connectivity index (χ3v) is 6.19. The summed E-state index contributed by atoms with van der Waals surface area (Å²) in [4.78, 5) is 65.6. The lowest BCUT2D eigenvalue weighted by Gasteiger charge is -2.39. The van der Waals surface area contributed by atoms with Crippen molar-refractivity contribution in [2.75, 3.05) is 0 Å². The van der Waals surface area contributed by atoms with Crippen LogP contribution >= 0.6 is 0 Å². The van der Waals surface area contributed by atoms with Crippen molar-refractivity contribution in [2.24, 2.45) is 11.1 Å². The van der Waals surface area contributed by atoms with E-state index in [9.17, 15) is 29.1 Å². The van der Waals surface area contributed by atoms with Gasteiger partial charge in [0.15, 0.2) is 23.1 Å². The molecule has 0 bridgehead atoms. The van der Waals surface area contributed by atoms with E-state index in [0.717, 1.165) is 0 Å². The van der Waals surface area contributed by atoms with Crippen molar-refractivity contribution < 1.29 is 29.1 Å². The zero-order valence-corrected chi connectivity index (χ0v) is 16.0. The van der Waals surface area contributed by atoms with Crippen LogP contribution in [-0.2, 0) is 4.79 Å². The van der Waals surface area contributed by atoms with E-state index in [1.165, 1.54) is 42.5 Å². The van der Waals surface area contributed by atoms with E-state index in [-0.39, 0.29) is 47.3 Å². The van der Waals surface area contributed by atoms with Gasteiger partial charge in [0.25, 0.3) is 0 Å². The van der Waals surface area contributed by atoms with Crippen LogP contribution in [0.15, 0.2) is 48.5 Å². The van der Waals surface area contributed by atoms with Crippen LogP contribution in [0.1, 0.15) is 67.1 Å². The van der Waals surface area contributed by atoms with Gasteiger partial charge >= 0.3 is 5.97 Å². The number of nitrogens with two attached hydrogens (primary N) is 1. The zero-order chi connectivity index (χ0) is 21.7. The van der Waals surface area contributed by atoms with Crippen LogP contribution in [-0.4, -0.2) is 39.7 Å². The number of benzene rings is 2. The highest BCUT2D eigenvalue weighted by atomic mass is 16.4. The molecule has 2 aliphatic carbocycles. The standard InChI is InChI=1S/C23H19NO6/c24-22(12-6-5-11-17(25)13-7-1-2-8-14(13)18(22)26)23(21(29)30)19(27)15-9-3-4-10-16(15)20(23)28/h1-4,7-10H,5-6,11-12,24H2,(H,29,30)/t22-/m1/s1. The van der Waals surface area contributed by atoms with E-state index in [4.69, 9.17) is 5.73 Å². The quantitative estimate of drug-likeness (QED) is 0.734. The monoisotopic (exact) mass is 405 g/mol. The molecule has 0 radical (unpaired) electrons. The molecular formula is C23H19NO6. The maximum atomic E-state index is 13.7. The van der Waals surface area contributed by atoms with E-state index < -0.39 is 34.3 Å². The Morgan fingerprint density at radius 2 is 1.23 bits per heavy atom. The van der Waals surface area contributed by atoms with E-state index >= 15 is 0 Å². The molecule has 3 N–H and O–H groups in total. The maximum Gasteiger partial charge on any atom is 0.328 e. The van der Waals surface area contributed by atoms with Gasteiger partial charge in [0.1, 0.15) is 5.54 Å². The molecular weight excluding hydrogens is 386 g/mol. The van der Waals surface area contributed by atoms with Crippen LogP contribution in [0.3, 0.4) is 0 Å². The number of Topliss-reactive ketones (excluding diaryl/α,β-unsaturated/α-hetero) is 4. The highest BCUT2D eigenvalue weighted by Crippen LogP contribution is 2.48. The molecule has 7 heteroatoms. The normalized spacial score (nSPS) is 23.2. The first-order chi connectivity index (χ1) is 14.3. The number of fused-ring (bicyclic) bond motifs is 2. The van der Waals surface area contributed by atoms with Crippen LogP contribution < -0.4 is 5.73 Å². The fourth-order valence-corrected chi connectivity index (χ4v) is 4.64. The summed E-state index contributed by atoms with van der Waals surface area (Å²) in [6.07, 6.45) is 0.506. The van der Waals surface area contributed by atoms with Gasteiger partial charge in [0.05, 0.1) is 0 Å². The summed E-state index contributed by atoms with van der Waals surface area (Å²) in [5, 5.41) is 10.2. The number of aliphatic carboxylic acids is 1. The summed E-state index contributed by atoms with van der Waals surface area (Å²) >= 11 is 0. The third-order valence-electron chi connectivity index (χ3n) is 6.19. The lowest BCUT2D eigenvalue weighted by molar-refractivity contribution is -0.145. The molecule has 0 aliphatic heterocycles. The van der Waals surface area contributed by atoms with Gasteiger partial charge in [-0.3, -0.25) is 24.0 Å². The zero-order valence-electron chi connectivity index (χ0n) is 16.0. The molecule has 0 aromatic heterocycles. The summed E-state index contributed by atoms with van der Waals surface area (Å²) in [6, 6.07) is 11.7. The van der Waals surface area contributed by atoms with Gasteiger partial charge in [-0.1, -0.05) is 55.0 Å². The molecule has 7 nitrogen and oxygen atoms in total. The molecule has 1 atom stereocenters. The molecule has 4 rings (SSSR count). The van der Waals surface area contributed by atoms with Crippen molar-refractivity contribution in [2.45, 2.75) is 31.2 Å².